The second kappa shape index (κ2) is 8.42. The van der Waals surface area contributed by atoms with E-state index >= 15 is 0 Å². The molecule has 0 saturated carbocycles. The number of benzene rings is 6. The Morgan fingerprint density at radius 2 is 1.15 bits per heavy atom. The number of rotatable bonds is 2. The topological polar surface area (TPSA) is 18.5 Å². The summed E-state index contributed by atoms with van der Waals surface area (Å²) >= 11 is 0. The molecule has 2 nitrogen and oxygen atoms in total. The van der Waals surface area contributed by atoms with Crippen LogP contribution in [0, 0.1) is 13.8 Å². The van der Waals surface area contributed by atoms with Gasteiger partial charge in [-0.1, -0.05) is 91.0 Å². The molecule has 1 saturated heterocycles. The fraction of sp³-hybridized carbons (Fsp3) is 0.222. The van der Waals surface area contributed by atoms with Crippen LogP contribution >= 0.6 is 0 Å². The molecule has 7 rings (SSSR count). The van der Waals surface area contributed by atoms with Gasteiger partial charge >= 0.3 is 7.12 Å². The lowest BCUT2D eigenvalue weighted by Gasteiger charge is -2.32. The minimum absolute atomic E-state index is 0.379. The Morgan fingerprint density at radius 3 is 1.87 bits per heavy atom. The van der Waals surface area contributed by atoms with E-state index in [1.165, 1.54) is 65.3 Å². The second-order valence-corrected chi connectivity index (χ2v) is 12.1. The van der Waals surface area contributed by atoms with Crippen molar-refractivity contribution in [1.29, 1.82) is 0 Å². The number of fused-ring (bicyclic) bond motifs is 7. The van der Waals surface area contributed by atoms with Crippen LogP contribution in [0.25, 0.3) is 54.2 Å². The van der Waals surface area contributed by atoms with Gasteiger partial charge in [-0.15, -0.1) is 0 Å². The van der Waals surface area contributed by atoms with E-state index in [0.29, 0.717) is 0 Å². The van der Waals surface area contributed by atoms with Crippen LogP contribution in [0.5, 0.6) is 0 Å². The minimum Gasteiger partial charge on any atom is -0.399 e. The van der Waals surface area contributed by atoms with Crippen LogP contribution in [0.15, 0.2) is 91.0 Å². The van der Waals surface area contributed by atoms with Crippen LogP contribution in [-0.2, 0) is 9.31 Å². The van der Waals surface area contributed by atoms with Crippen molar-refractivity contribution < 1.29 is 9.31 Å². The molecule has 0 aliphatic carbocycles. The van der Waals surface area contributed by atoms with Crippen LogP contribution in [0.2, 0.25) is 0 Å². The minimum atomic E-state index is -0.395. The van der Waals surface area contributed by atoms with Gasteiger partial charge in [-0.05, 0) is 112 Å². The van der Waals surface area contributed by atoms with Gasteiger partial charge in [-0.2, -0.15) is 0 Å². The summed E-state index contributed by atoms with van der Waals surface area (Å²) in [4.78, 5) is 0. The molecule has 0 N–H and O–H groups in total. The van der Waals surface area contributed by atoms with Crippen molar-refractivity contribution >= 4 is 55.7 Å². The van der Waals surface area contributed by atoms with E-state index in [2.05, 4.69) is 133 Å². The lowest BCUT2D eigenvalue weighted by atomic mass is 9.77. The maximum absolute atomic E-state index is 6.45. The summed E-state index contributed by atoms with van der Waals surface area (Å²) < 4.78 is 12.9. The number of aryl methyl sites for hydroxylation is 2. The van der Waals surface area contributed by atoms with E-state index in [1.54, 1.807) is 0 Å². The van der Waals surface area contributed by atoms with Crippen molar-refractivity contribution in [1.82, 2.24) is 0 Å². The highest BCUT2D eigenvalue weighted by molar-refractivity contribution is 6.62. The molecule has 6 aromatic rings. The van der Waals surface area contributed by atoms with Crippen LogP contribution in [0.1, 0.15) is 38.8 Å². The summed E-state index contributed by atoms with van der Waals surface area (Å²) in [6.45, 7) is 12.9. The van der Waals surface area contributed by atoms with Crippen molar-refractivity contribution in [3.63, 3.8) is 0 Å². The molecular formula is C36H33BO2. The fourth-order valence-corrected chi connectivity index (χ4v) is 6.34. The van der Waals surface area contributed by atoms with Gasteiger partial charge in [0.25, 0.3) is 0 Å². The van der Waals surface area contributed by atoms with Crippen molar-refractivity contribution in [3.05, 3.63) is 102 Å². The Morgan fingerprint density at radius 1 is 0.564 bits per heavy atom. The Bertz CT molecular complexity index is 1930. The van der Waals surface area contributed by atoms with Gasteiger partial charge in [0, 0.05) is 0 Å². The van der Waals surface area contributed by atoms with Crippen molar-refractivity contribution in [2.75, 3.05) is 0 Å². The van der Waals surface area contributed by atoms with Crippen LogP contribution in [0.4, 0.5) is 0 Å². The lowest BCUT2D eigenvalue weighted by Crippen LogP contribution is -2.41. The summed E-state index contributed by atoms with van der Waals surface area (Å²) in [7, 11) is -0.395. The molecule has 0 unspecified atom stereocenters. The number of hydrogen-bond donors (Lipinski definition) is 0. The molecule has 192 valence electrons. The highest BCUT2D eigenvalue weighted by atomic mass is 16.7. The zero-order valence-electron chi connectivity index (χ0n) is 23.6. The highest BCUT2D eigenvalue weighted by Crippen LogP contribution is 2.44. The first-order valence-corrected chi connectivity index (χ1v) is 13.9. The second-order valence-electron chi connectivity index (χ2n) is 12.1. The maximum atomic E-state index is 6.45. The molecule has 0 bridgehead atoms. The van der Waals surface area contributed by atoms with Gasteiger partial charge in [-0.25, -0.2) is 0 Å². The normalized spacial score (nSPS) is 16.6. The predicted molar refractivity (Wildman–Crippen MR) is 167 cm³/mol. The smallest absolute Gasteiger partial charge is 0.399 e. The van der Waals surface area contributed by atoms with E-state index in [1.807, 2.05) is 0 Å². The quantitative estimate of drug-likeness (QED) is 0.172. The first-order chi connectivity index (χ1) is 18.7. The van der Waals surface area contributed by atoms with Gasteiger partial charge in [0.2, 0.25) is 0 Å². The molecule has 1 aliphatic rings. The first kappa shape index (κ1) is 24.4. The molecular weight excluding hydrogens is 475 g/mol. The molecule has 0 amide bonds. The van der Waals surface area contributed by atoms with E-state index in [9.17, 15) is 0 Å². The largest absolute Gasteiger partial charge is 0.494 e. The summed E-state index contributed by atoms with van der Waals surface area (Å²) in [5.74, 6) is 0. The molecule has 0 atom stereocenters. The maximum Gasteiger partial charge on any atom is 0.494 e. The van der Waals surface area contributed by atoms with Crippen molar-refractivity contribution in [3.8, 4) is 11.1 Å². The van der Waals surface area contributed by atoms with Crippen LogP contribution < -0.4 is 5.46 Å². The van der Waals surface area contributed by atoms with E-state index in [-0.39, 0.29) is 11.2 Å². The zero-order valence-corrected chi connectivity index (χ0v) is 23.6. The van der Waals surface area contributed by atoms with Gasteiger partial charge in [0.1, 0.15) is 0 Å². The zero-order chi connectivity index (χ0) is 27.1. The van der Waals surface area contributed by atoms with Gasteiger partial charge < -0.3 is 9.31 Å². The fourth-order valence-electron chi connectivity index (χ4n) is 6.34. The average Bonchev–Trinajstić information content (AvgIpc) is 3.15. The summed E-state index contributed by atoms with van der Waals surface area (Å²) in [5.41, 5.74) is 5.51. The third-order valence-electron chi connectivity index (χ3n) is 9.23. The molecule has 6 aromatic carbocycles. The van der Waals surface area contributed by atoms with E-state index in [0.717, 1.165) is 5.46 Å². The molecule has 1 aliphatic heterocycles. The van der Waals surface area contributed by atoms with E-state index < -0.39 is 7.12 Å². The molecule has 3 heteroatoms. The standard InChI is InChI=1S/C36H33BO2/c1-22-15-18-30-28-13-9-10-14-29(28)32-21-25(37-38-35(3,4)36(5,6)39-37)17-20-31(32)34(30)33(22)27-19-16-24-11-7-8-12-26(24)23(27)2/h7-21H,1-6H3. The molecule has 1 heterocycles. The molecule has 0 aromatic heterocycles. The lowest BCUT2D eigenvalue weighted by molar-refractivity contribution is 0.00578. The highest BCUT2D eigenvalue weighted by Gasteiger charge is 2.51. The SMILES string of the molecule is Cc1ccc2c3ccccc3c3cc(B4OC(C)(C)C(C)(C)O4)ccc3c2c1-c1ccc2ccccc2c1C. The Labute approximate surface area is 230 Å². The Balaban J connectivity index is 1.56. The van der Waals surface area contributed by atoms with Gasteiger partial charge in [0.05, 0.1) is 11.2 Å². The van der Waals surface area contributed by atoms with Gasteiger partial charge in [0.15, 0.2) is 0 Å². The summed E-state index contributed by atoms with van der Waals surface area (Å²) in [6.07, 6.45) is 0. The summed E-state index contributed by atoms with van der Waals surface area (Å²) in [6, 6.07) is 33.4. The number of hydrogen-bond acceptors (Lipinski definition) is 2. The molecule has 0 spiro atoms. The van der Waals surface area contributed by atoms with E-state index in [4.69, 9.17) is 9.31 Å². The monoisotopic (exact) mass is 508 g/mol. The van der Waals surface area contributed by atoms with Gasteiger partial charge in [-0.3, -0.25) is 0 Å². The first-order valence-electron chi connectivity index (χ1n) is 13.9. The summed E-state index contributed by atoms with van der Waals surface area (Å²) in [5, 5.41) is 10.2. The molecule has 0 radical (unpaired) electrons. The third kappa shape index (κ3) is 3.57. The van der Waals surface area contributed by atoms with Crippen molar-refractivity contribution in [2.45, 2.75) is 52.7 Å². The molecule has 1 fully saturated rings. The Kier molecular flexibility index (Phi) is 5.27. The average molecular weight is 508 g/mol. The van der Waals surface area contributed by atoms with Crippen molar-refractivity contribution in [2.24, 2.45) is 0 Å². The van der Waals surface area contributed by atoms with Crippen LogP contribution in [0.3, 0.4) is 0 Å². The third-order valence-corrected chi connectivity index (χ3v) is 9.23. The Hall–Kier alpha value is -3.66. The van der Waals surface area contributed by atoms with Crippen LogP contribution in [-0.4, -0.2) is 18.3 Å². The molecule has 39 heavy (non-hydrogen) atoms. The predicted octanol–water partition coefficient (Wildman–Crippen LogP) is 8.88.